The van der Waals surface area contributed by atoms with Crippen molar-refractivity contribution >= 4 is 27.5 Å². The second kappa shape index (κ2) is 8.94. The van der Waals surface area contributed by atoms with E-state index in [-0.39, 0.29) is 28.9 Å². The van der Waals surface area contributed by atoms with E-state index in [0.717, 1.165) is 11.3 Å². The molecule has 0 spiro atoms. The summed E-state index contributed by atoms with van der Waals surface area (Å²) in [4.78, 5) is 14.3. The van der Waals surface area contributed by atoms with Crippen LogP contribution in [0.25, 0.3) is 0 Å². The normalized spacial score (nSPS) is 15.4. The molecule has 0 N–H and O–H groups in total. The summed E-state index contributed by atoms with van der Waals surface area (Å²) in [5.74, 6) is 0.816. The van der Waals surface area contributed by atoms with E-state index in [4.69, 9.17) is 16.3 Å². The van der Waals surface area contributed by atoms with E-state index < -0.39 is 10.0 Å². The minimum atomic E-state index is -3.65. The standard InChI is InChI=1S/C20H23ClN2O4S/c1-27-17-9-6-16(7-10-17)8-11-20(24)22-12-14-23(15-13-22)28(25,26)19-5-3-2-4-18(19)21/h2-7,9-10H,8,11-15H2,1H3. The van der Waals surface area contributed by atoms with Crippen molar-refractivity contribution in [1.82, 2.24) is 9.21 Å². The third-order valence-corrected chi connectivity index (χ3v) is 7.23. The molecule has 1 aliphatic rings. The topological polar surface area (TPSA) is 66.9 Å². The Morgan fingerprint density at radius 1 is 1.04 bits per heavy atom. The van der Waals surface area contributed by atoms with E-state index in [9.17, 15) is 13.2 Å². The van der Waals surface area contributed by atoms with Gasteiger partial charge in [0.2, 0.25) is 15.9 Å². The molecule has 0 aromatic heterocycles. The van der Waals surface area contributed by atoms with Gasteiger partial charge in [0.25, 0.3) is 0 Å². The van der Waals surface area contributed by atoms with Gasteiger partial charge in [-0.3, -0.25) is 4.79 Å². The summed E-state index contributed by atoms with van der Waals surface area (Å²) in [6.45, 7) is 1.29. The maximum atomic E-state index is 12.8. The molecule has 0 unspecified atom stereocenters. The number of hydrogen-bond acceptors (Lipinski definition) is 4. The van der Waals surface area contributed by atoms with Crippen molar-refractivity contribution in [1.29, 1.82) is 0 Å². The summed E-state index contributed by atoms with van der Waals surface area (Å²) in [5, 5.41) is 0.209. The molecule has 6 nitrogen and oxygen atoms in total. The molecule has 3 rings (SSSR count). The summed E-state index contributed by atoms with van der Waals surface area (Å²) >= 11 is 6.05. The number of sulfonamides is 1. The van der Waals surface area contributed by atoms with Crippen LogP contribution >= 0.6 is 11.6 Å². The van der Waals surface area contributed by atoms with Crippen molar-refractivity contribution in [2.24, 2.45) is 0 Å². The zero-order chi connectivity index (χ0) is 20.1. The monoisotopic (exact) mass is 422 g/mol. The Hall–Kier alpha value is -2.09. The number of nitrogens with zero attached hydrogens (tertiary/aromatic N) is 2. The summed E-state index contributed by atoms with van der Waals surface area (Å²) in [6, 6.07) is 14.0. The van der Waals surface area contributed by atoms with E-state index >= 15 is 0 Å². The number of rotatable bonds is 6. The van der Waals surface area contributed by atoms with E-state index in [1.165, 1.54) is 10.4 Å². The number of aryl methyl sites for hydroxylation is 1. The Balaban J connectivity index is 1.54. The number of carbonyl (C=O) groups is 1. The lowest BCUT2D eigenvalue weighted by atomic mass is 10.1. The van der Waals surface area contributed by atoms with Crippen LogP contribution in [0.15, 0.2) is 53.4 Å². The van der Waals surface area contributed by atoms with Crippen molar-refractivity contribution < 1.29 is 17.9 Å². The third kappa shape index (κ3) is 4.66. The van der Waals surface area contributed by atoms with Gasteiger partial charge in [-0.15, -0.1) is 0 Å². The van der Waals surface area contributed by atoms with Crippen LogP contribution in [-0.2, 0) is 21.2 Å². The number of methoxy groups -OCH3 is 1. The second-order valence-electron chi connectivity index (χ2n) is 6.56. The average Bonchev–Trinajstić information content (AvgIpc) is 2.72. The molecule has 1 heterocycles. The average molecular weight is 423 g/mol. The first-order chi connectivity index (χ1) is 13.4. The number of halogens is 1. The first-order valence-electron chi connectivity index (χ1n) is 9.07. The maximum Gasteiger partial charge on any atom is 0.244 e. The molecule has 1 aliphatic heterocycles. The van der Waals surface area contributed by atoms with Gasteiger partial charge < -0.3 is 9.64 Å². The molecule has 28 heavy (non-hydrogen) atoms. The van der Waals surface area contributed by atoms with Crippen molar-refractivity contribution in [2.45, 2.75) is 17.7 Å². The van der Waals surface area contributed by atoms with Crippen molar-refractivity contribution in [3.63, 3.8) is 0 Å². The molecule has 0 atom stereocenters. The summed E-state index contributed by atoms with van der Waals surface area (Å²) < 4.78 is 32.1. The maximum absolute atomic E-state index is 12.8. The van der Waals surface area contributed by atoms with Gasteiger partial charge >= 0.3 is 0 Å². The van der Waals surface area contributed by atoms with Crippen LogP contribution in [0.5, 0.6) is 5.75 Å². The van der Waals surface area contributed by atoms with Crippen LogP contribution in [0, 0.1) is 0 Å². The third-order valence-electron chi connectivity index (χ3n) is 4.83. The van der Waals surface area contributed by atoms with Crippen molar-refractivity contribution in [2.75, 3.05) is 33.3 Å². The summed E-state index contributed by atoms with van der Waals surface area (Å²) in [6.07, 6.45) is 1.03. The van der Waals surface area contributed by atoms with Crippen molar-refractivity contribution in [3.05, 3.63) is 59.1 Å². The molecule has 0 aliphatic carbocycles. The highest BCUT2D eigenvalue weighted by molar-refractivity contribution is 7.89. The number of ether oxygens (including phenoxy) is 1. The quantitative estimate of drug-likeness (QED) is 0.717. The SMILES string of the molecule is COc1ccc(CCC(=O)N2CCN(S(=O)(=O)c3ccccc3Cl)CC2)cc1. The predicted octanol–water partition coefficient (Wildman–Crippen LogP) is 2.81. The molecule has 8 heteroatoms. The van der Waals surface area contributed by atoms with Gasteiger partial charge in [-0.05, 0) is 36.2 Å². The minimum absolute atomic E-state index is 0.0330. The fourth-order valence-electron chi connectivity index (χ4n) is 3.17. The Morgan fingerprint density at radius 3 is 2.29 bits per heavy atom. The molecule has 1 amide bonds. The number of amides is 1. The van der Waals surface area contributed by atoms with Gasteiger partial charge in [-0.25, -0.2) is 8.42 Å². The molecule has 0 radical (unpaired) electrons. The first kappa shape index (κ1) is 20.6. The predicted molar refractivity (Wildman–Crippen MR) is 108 cm³/mol. The lowest BCUT2D eigenvalue weighted by Crippen LogP contribution is -2.50. The van der Waals surface area contributed by atoms with Crippen LogP contribution in [0.2, 0.25) is 5.02 Å². The molecular formula is C20H23ClN2O4S. The van der Waals surface area contributed by atoms with Gasteiger partial charge in [0, 0.05) is 32.6 Å². The van der Waals surface area contributed by atoms with E-state index in [1.807, 2.05) is 24.3 Å². The smallest absolute Gasteiger partial charge is 0.244 e. The Kier molecular flexibility index (Phi) is 6.59. The minimum Gasteiger partial charge on any atom is -0.497 e. The molecule has 1 saturated heterocycles. The highest BCUT2D eigenvalue weighted by Crippen LogP contribution is 2.25. The summed E-state index contributed by atoms with van der Waals surface area (Å²) in [5.41, 5.74) is 1.06. The number of carbonyl (C=O) groups excluding carboxylic acids is 1. The molecule has 1 fully saturated rings. The second-order valence-corrected chi connectivity index (χ2v) is 8.88. The fraction of sp³-hybridized carbons (Fsp3) is 0.350. The van der Waals surface area contributed by atoms with E-state index in [2.05, 4.69) is 0 Å². The van der Waals surface area contributed by atoms with Crippen LogP contribution < -0.4 is 4.74 Å². The number of piperazine rings is 1. The van der Waals surface area contributed by atoms with Gasteiger partial charge in [0.1, 0.15) is 10.6 Å². The van der Waals surface area contributed by atoms with Crippen molar-refractivity contribution in [3.8, 4) is 5.75 Å². The zero-order valence-corrected chi connectivity index (χ0v) is 17.2. The van der Waals surface area contributed by atoms with Crippen LogP contribution in [0.3, 0.4) is 0 Å². The van der Waals surface area contributed by atoms with E-state index in [1.54, 1.807) is 30.2 Å². The Labute approximate surface area is 170 Å². The number of hydrogen-bond donors (Lipinski definition) is 0. The molecule has 0 bridgehead atoms. The molecule has 150 valence electrons. The van der Waals surface area contributed by atoms with Crippen LogP contribution in [-0.4, -0.2) is 56.8 Å². The van der Waals surface area contributed by atoms with E-state index in [0.29, 0.717) is 25.9 Å². The van der Waals surface area contributed by atoms with Gasteiger partial charge in [-0.2, -0.15) is 4.31 Å². The number of benzene rings is 2. The molecule has 0 saturated carbocycles. The Morgan fingerprint density at radius 2 is 1.68 bits per heavy atom. The largest absolute Gasteiger partial charge is 0.497 e. The summed E-state index contributed by atoms with van der Waals surface area (Å²) in [7, 11) is -2.04. The molecular weight excluding hydrogens is 400 g/mol. The zero-order valence-electron chi connectivity index (χ0n) is 15.7. The first-order valence-corrected chi connectivity index (χ1v) is 10.9. The fourth-order valence-corrected chi connectivity index (χ4v) is 5.09. The van der Waals surface area contributed by atoms with Crippen LogP contribution in [0.1, 0.15) is 12.0 Å². The van der Waals surface area contributed by atoms with Gasteiger partial charge in [0.15, 0.2) is 0 Å². The molecule has 2 aromatic rings. The van der Waals surface area contributed by atoms with Gasteiger partial charge in [0.05, 0.1) is 12.1 Å². The van der Waals surface area contributed by atoms with Gasteiger partial charge in [-0.1, -0.05) is 35.9 Å². The molecule has 2 aromatic carbocycles. The lowest BCUT2D eigenvalue weighted by molar-refractivity contribution is -0.132. The highest BCUT2D eigenvalue weighted by Gasteiger charge is 2.31. The lowest BCUT2D eigenvalue weighted by Gasteiger charge is -2.34. The Bertz CT molecular complexity index is 923. The van der Waals surface area contributed by atoms with Crippen LogP contribution in [0.4, 0.5) is 0 Å². The highest BCUT2D eigenvalue weighted by atomic mass is 35.5.